The lowest BCUT2D eigenvalue weighted by Crippen LogP contribution is -1.95. The van der Waals surface area contributed by atoms with E-state index < -0.39 is 0 Å². The number of nitrogen functional groups attached to an aromatic ring is 1. The molecule has 170 valence electrons. The van der Waals surface area contributed by atoms with Gasteiger partial charge >= 0.3 is 0 Å². The van der Waals surface area contributed by atoms with Gasteiger partial charge in [-0.3, -0.25) is 0 Å². The van der Waals surface area contributed by atoms with Crippen molar-refractivity contribution >= 4 is 38.5 Å². The summed E-state index contributed by atoms with van der Waals surface area (Å²) < 4.78 is 23.4. The van der Waals surface area contributed by atoms with Crippen LogP contribution in [0.2, 0.25) is 0 Å². The van der Waals surface area contributed by atoms with Crippen molar-refractivity contribution in [3.63, 3.8) is 0 Å². The summed E-state index contributed by atoms with van der Waals surface area (Å²) in [5.74, 6) is 3.41. The van der Waals surface area contributed by atoms with Crippen LogP contribution >= 0.6 is 0 Å². The Labute approximate surface area is 192 Å². The lowest BCUT2D eigenvalue weighted by molar-refractivity contribution is 0.355. The molecule has 5 aromatic rings. The highest BCUT2D eigenvalue weighted by molar-refractivity contribution is 6.09. The zero-order valence-corrected chi connectivity index (χ0v) is 19.4. The second kappa shape index (κ2) is 9.16. The number of para-hydroxylation sites is 2. The number of ether oxygens (including phenoxy) is 4. The number of aryl methyl sites for hydroxylation is 1. The van der Waals surface area contributed by atoms with Crippen LogP contribution in [0.15, 0.2) is 60.7 Å². The number of imidazole rings is 1. The Morgan fingerprint density at radius 3 is 1.58 bits per heavy atom. The van der Waals surface area contributed by atoms with Gasteiger partial charge in [0, 0.05) is 7.05 Å². The molecule has 0 atom stereocenters. The third-order valence-corrected chi connectivity index (χ3v) is 5.67. The minimum atomic E-state index is 0.561. The standard InChI is InChI=1S/C18H18O4.C8H9N3/c1-19-15-7-11-5-6-12-8-16(20-2)18(22-4)10-14(12)13(11)9-17(15)21-3;1-11-7-5-3-2-4-6(7)10-8(11)9/h5-10H,1-4H3;2-5H,1H3,(H2,9,10). The third kappa shape index (κ3) is 4.05. The monoisotopic (exact) mass is 445 g/mol. The molecule has 2 N–H and O–H groups in total. The van der Waals surface area contributed by atoms with Crippen LogP contribution in [0.1, 0.15) is 0 Å². The number of nitrogens with two attached hydrogens (primary N) is 1. The summed E-state index contributed by atoms with van der Waals surface area (Å²) in [5, 5.41) is 4.32. The van der Waals surface area contributed by atoms with Crippen molar-refractivity contribution in [3.8, 4) is 23.0 Å². The summed E-state index contributed by atoms with van der Waals surface area (Å²) in [4.78, 5) is 4.15. The van der Waals surface area contributed by atoms with Gasteiger partial charge in [0.1, 0.15) is 0 Å². The van der Waals surface area contributed by atoms with Crippen molar-refractivity contribution in [2.24, 2.45) is 7.05 Å². The summed E-state index contributed by atoms with van der Waals surface area (Å²) in [6, 6.07) is 19.9. The molecule has 0 saturated heterocycles. The van der Waals surface area contributed by atoms with Gasteiger partial charge in [-0.1, -0.05) is 24.3 Å². The molecule has 0 bridgehead atoms. The average molecular weight is 446 g/mol. The maximum absolute atomic E-state index is 5.60. The molecule has 5 rings (SSSR count). The molecular formula is C26H27N3O4. The number of anilines is 1. The lowest BCUT2D eigenvalue weighted by Gasteiger charge is -2.13. The van der Waals surface area contributed by atoms with Gasteiger partial charge < -0.3 is 29.2 Å². The van der Waals surface area contributed by atoms with Crippen molar-refractivity contribution < 1.29 is 18.9 Å². The smallest absolute Gasteiger partial charge is 0.200 e. The molecule has 4 aromatic carbocycles. The average Bonchev–Trinajstić information content (AvgIpc) is 3.15. The molecule has 0 aliphatic rings. The fourth-order valence-corrected chi connectivity index (χ4v) is 3.88. The molecule has 0 radical (unpaired) electrons. The van der Waals surface area contributed by atoms with Gasteiger partial charge in [0.2, 0.25) is 5.95 Å². The number of methoxy groups -OCH3 is 4. The van der Waals surface area contributed by atoms with Crippen LogP contribution < -0.4 is 24.7 Å². The van der Waals surface area contributed by atoms with Crippen LogP contribution in [0.25, 0.3) is 32.6 Å². The number of fused-ring (bicyclic) bond motifs is 4. The summed E-state index contributed by atoms with van der Waals surface area (Å²) in [6.07, 6.45) is 0. The fourth-order valence-electron chi connectivity index (χ4n) is 3.88. The molecule has 0 unspecified atom stereocenters. The molecule has 7 nitrogen and oxygen atoms in total. The van der Waals surface area contributed by atoms with Crippen molar-refractivity contribution in [1.82, 2.24) is 9.55 Å². The first-order valence-corrected chi connectivity index (χ1v) is 10.4. The number of nitrogens with zero attached hydrogens (tertiary/aromatic N) is 2. The summed E-state index contributed by atoms with van der Waals surface area (Å²) in [5.41, 5.74) is 7.63. The SMILES string of the molecule is COc1cc2ccc3cc(OC)c(OC)cc3c2cc1OC.Cn1c(N)nc2ccccc21. The quantitative estimate of drug-likeness (QED) is 0.384. The minimum absolute atomic E-state index is 0.561. The summed E-state index contributed by atoms with van der Waals surface area (Å²) >= 11 is 0. The molecule has 33 heavy (non-hydrogen) atoms. The van der Waals surface area contributed by atoms with E-state index in [-0.39, 0.29) is 0 Å². The number of hydrogen-bond donors (Lipinski definition) is 1. The lowest BCUT2D eigenvalue weighted by atomic mass is 10.0. The Hall–Kier alpha value is -4.13. The molecular weight excluding hydrogens is 418 g/mol. The topological polar surface area (TPSA) is 80.8 Å². The van der Waals surface area contributed by atoms with Gasteiger partial charge in [-0.05, 0) is 57.9 Å². The normalized spacial score (nSPS) is 10.7. The number of aromatic nitrogens is 2. The molecule has 0 saturated carbocycles. The molecule has 0 amide bonds. The second-order valence-corrected chi connectivity index (χ2v) is 7.44. The summed E-state index contributed by atoms with van der Waals surface area (Å²) in [6.45, 7) is 0. The van der Waals surface area contributed by atoms with E-state index in [0.29, 0.717) is 17.4 Å². The predicted octanol–water partition coefficient (Wildman–Crippen LogP) is 5.18. The van der Waals surface area contributed by atoms with Crippen molar-refractivity contribution in [3.05, 3.63) is 60.7 Å². The fraction of sp³-hybridized carbons (Fsp3) is 0.192. The van der Waals surface area contributed by atoms with E-state index in [0.717, 1.165) is 44.1 Å². The van der Waals surface area contributed by atoms with Crippen LogP contribution in [-0.4, -0.2) is 38.0 Å². The molecule has 0 aliphatic heterocycles. The van der Waals surface area contributed by atoms with E-state index in [9.17, 15) is 0 Å². The van der Waals surface area contributed by atoms with Gasteiger partial charge in [0.05, 0.1) is 39.5 Å². The highest BCUT2D eigenvalue weighted by Gasteiger charge is 2.12. The van der Waals surface area contributed by atoms with Gasteiger partial charge in [-0.15, -0.1) is 0 Å². The molecule has 0 aliphatic carbocycles. The Kier molecular flexibility index (Phi) is 6.13. The first kappa shape index (κ1) is 22.1. The largest absolute Gasteiger partial charge is 0.493 e. The third-order valence-electron chi connectivity index (χ3n) is 5.67. The van der Waals surface area contributed by atoms with Gasteiger partial charge in [-0.2, -0.15) is 0 Å². The van der Waals surface area contributed by atoms with Crippen LogP contribution in [0, 0.1) is 0 Å². The molecule has 1 heterocycles. The maximum atomic E-state index is 5.60. The number of rotatable bonds is 4. The van der Waals surface area contributed by atoms with Crippen LogP contribution in [0.3, 0.4) is 0 Å². The van der Waals surface area contributed by atoms with E-state index in [1.165, 1.54) is 0 Å². The van der Waals surface area contributed by atoms with E-state index >= 15 is 0 Å². The first-order chi connectivity index (χ1) is 16.0. The predicted molar refractivity (Wildman–Crippen MR) is 133 cm³/mol. The highest BCUT2D eigenvalue weighted by Crippen LogP contribution is 2.39. The molecule has 0 fully saturated rings. The van der Waals surface area contributed by atoms with Crippen molar-refractivity contribution in [1.29, 1.82) is 0 Å². The number of hydrogen-bond acceptors (Lipinski definition) is 6. The molecule has 0 spiro atoms. The zero-order chi connectivity index (χ0) is 23.5. The Morgan fingerprint density at radius 1 is 0.667 bits per heavy atom. The Bertz CT molecular complexity index is 1370. The van der Waals surface area contributed by atoms with E-state index in [2.05, 4.69) is 17.1 Å². The van der Waals surface area contributed by atoms with Crippen LogP contribution in [-0.2, 0) is 7.05 Å². The summed E-state index contributed by atoms with van der Waals surface area (Å²) in [7, 11) is 8.46. The highest BCUT2D eigenvalue weighted by atomic mass is 16.5. The Morgan fingerprint density at radius 2 is 1.12 bits per heavy atom. The van der Waals surface area contributed by atoms with Crippen LogP contribution in [0.4, 0.5) is 5.95 Å². The number of benzene rings is 4. The van der Waals surface area contributed by atoms with Gasteiger partial charge in [-0.25, -0.2) is 4.98 Å². The van der Waals surface area contributed by atoms with Crippen molar-refractivity contribution in [2.75, 3.05) is 34.2 Å². The molecule has 7 heteroatoms. The molecule has 1 aromatic heterocycles. The van der Waals surface area contributed by atoms with Gasteiger partial charge in [0.25, 0.3) is 0 Å². The van der Waals surface area contributed by atoms with Gasteiger partial charge in [0.15, 0.2) is 23.0 Å². The first-order valence-electron chi connectivity index (χ1n) is 10.4. The van der Waals surface area contributed by atoms with E-state index in [4.69, 9.17) is 24.7 Å². The van der Waals surface area contributed by atoms with Crippen molar-refractivity contribution in [2.45, 2.75) is 0 Å². The maximum Gasteiger partial charge on any atom is 0.200 e. The zero-order valence-electron chi connectivity index (χ0n) is 19.4. The minimum Gasteiger partial charge on any atom is -0.493 e. The van der Waals surface area contributed by atoms with E-state index in [1.807, 2.05) is 60.1 Å². The van der Waals surface area contributed by atoms with E-state index in [1.54, 1.807) is 28.4 Å². The van der Waals surface area contributed by atoms with Crippen LogP contribution in [0.5, 0.6) is 23.0 Å². The Balaban J connectivity index is 0.000000196. The second-order valence-electron chi connectivity index (χ2n) is 7.44.